The molecular weight excluding hydrogens is 284 g/mol. The fraction of sp³-hybridized carbons (Fsp3) is 0.733. The molecule has 1 saturated heterocycles. The number of hydrogen-bond donors (Lipinski definition) is 1. The third kappa shape index (κ3) is 4.41. The number of thiazole rings is 1. The Kier molecular flexibility index (Phi) is 5.99. The molecule has 0 saturated carbocycles. The second-order valence-corrected chi connectivity index (χ2v) is 6.81. The Balaban J connectivity index is 1.80. The van der Waals surface area contributed by atoms with Crippen LogP contribution in [0.2, 0.25) is 0 Å². The van der Waals surface area contributed by atoms with Gasteiger partial charge in [-0.25, -0.2) is 4.98 Å². The highest BCUT2D eigenvalue weighted by Gasteiger charge is 2.24. The molecule has 0 amide bonds. The smallest absolute Gasteiger partial charge is 0.193 e. The van der Waals surface area contributed by atoms with Crippen LogP contribution in [0.1, 0.15) is 22.0 Å². The maximum atomic E-state index is 5.25. The molecule has 1 unspecified atom stereocenters. The lowest BCUT2D eigenvalue weighted by Gasteiger charge is -2.21. The highest BCUT2D eigenvalue weighted by atomic mass is 32.1. The summed E-state index contributed by atoms with van der Waals surface area (Å²) >= 11 is 1.79. The molecular formula is C15H26N4OS. The minimum absolute atomic E-state index is 0.625. The van der Waals surface area contributed by atoms with Crippen molar-refractivity contribution in [2.45, 2.75) is 26.7 Å². The normalized spacial score (nSPS) is 19.3. The van der Waals surface area contributed by atoms with Gasteiger partial charge in [-0.1, -0.05) is 0 Å². The van der Waals surface area contributed by atoms with E-state index in [4.69, 9.17) is 4.74 Å². The van der Waals surface area contributed by atoms with Gasteiger partial charge in [-0.15, -0.1) is 11.3 Å². The molecule has 0 bridgehead atoms. The van der Waals surface area contributed by atoms with Gasteiger partial charge >= 0.3 is 0 Å². The SMILES string of the molecule is CN=C(NCCc1sc(C)nc1C)N1CCC(COC)C1. The number of guanidine groups is 1. The molecule has 5 nitrogen and oxygen atoms in total. The van der Waals surface area contributed by atoms with Crippen molar-refractivity contribution in [3.05, 3.63) is 15.6 Å². The Morgan fingerprint density at radius 1 is 1.52 bits per heavy atom. The van der Waals surface area contributed by atoms with Crippen molar-refractivity contribution in [3.8, 4) is 0 Å². The van der Waals surface area contributed by atoms with Crippen LogP contribution in [0.15, 0.2) is 4.99 Å². The van der Waals surface area contributed by atoms with Crippen LogP contribution in [-0.2, 0) is 11.2 Å². The zero-order valence-electron chi connectivity index (χ0n) is 13.5. The van der Waals surface area contributed by atoms with Gasteiger partial charge in [0.25, 0.3) is 0 Å². The van der Waals surface area contributed by atoms with Gasteiger partial charge in [0.15, 0.2) is 5.96 Å². The first-order valence-electron chi connectivity index (χ1n) is 7.51. The lowest BCUT2D eigenvalue weighted by Crippen LogP contribution is -2.41. The molecule has 118 valence electrons. The molecule has 1 fully saturated rings. The standard InChI is InChI=1S/C15H26N4OS/c1-11-14(21-12(2)18-11)5-7-17-15(16-3)19-8-6-13(9-19)10-20-4/h13H,5-10H2,1-4H3,(H,16,17). The number of hydrogen-bond acceptors (Lipinski definition) is 4. The van der Waals surface area contributed by atoms with Crippen LogP contribution in [0.3, 0.4) is 0 Å². The topological polar surface area (TPSA) is 49.8 Å². The number of likely N-dealkylation sites (tertiary alicyclic amines) is 1. The molecule has 1 N–H and O–H groups in total. The van der Waals surface area contributed by atoms with E-state index in [-0.39, 0.29) is 0 Å². The summed E-state index contributed by atoms with van der Waals surface area (Å²) < 4.78 is 5.25. The van der Waals surface area contributed by atoms with E-state index in [0.717, 1.165) is 49.3 Å². The van der Waals surface area contributed by atoms with Gasteiger partial charge in [0, 0.05) is 51.0 Å². The Morgan fingerprint density at radius 3 is 2.95 bits per heavy atom. The highest BCUT2D eigenvalue weighted by molar-refractivity contribution is 7.11. The number of nitrogens with zero attached hydrogens (tertiary/aromatic N) is 3. The summed E-state index contributed by atoms with van der Waals surface area (Å²) in [7, 11) is 3.63. The minimum atomic E-state index is 0.625. The van der Waals surface area contributed by atoms with Crippen LogP contribution >= 0.6 is 11.3 Å². The van der Waals surface area contributed by atoms with Gasteiger partial charge in [-0.3, -0.25) is 4.99 Å². The number of rotatable bonds is 5. The van der Waals surface area contributed by atoms with E-state index in [1.807, 2.05) is 7.05 Å². The first-order chi connectivity index (χ1) is 10.1. The molecule has 21 heavy (non-hydrogen) atoms. The quantitative estimate of drug-likeness (QED) is 0.666. The summed E-state index contributed by atoms with van der Waals surface area (Å²) in [5.74, 6) is 1.63. The number of methoxy groups -OCH3 is 1. The third-order valence-corrected chi connectivity index (χ3v) is 4.97. The molecule has 1 aromatic rings. The lowest BCUT2D eigenvalue weighted by molar-refractivity contribution is 0.157. The van der Waals surface area contributed by atoms with E-state index < -0.39 is 0 Å². The predicted molar refractivity (Wildman–Crippen MR) is 88.2 cm³/mol. The Hall–Kier alpha value is -1.14. The molecule has 0 aliphatic carbocycles. The Morgan fingerprint density at radius 2 is 2.33 bits per heavy atom. The maximum Gasteiger partial charge on any atom is 0.193 e. The van der Waals surface area contributed by atoms with Crippen LogP contribution in [0.4, 0.5) is 0 Å². The predicted octanol–water partition coefficient (Wildman–Crippen LogP) is 1.85. The van der Waals surface area contributed by atoms with Crippen molar-refractivity contribution in [2.75, 3.05) is 40.4 Å². The number of aryl methyl sites for hydroxylation is 2. The van der Waals surface area contributed by atoms with Gasteiger partial charge in [-0.05, 0) is 20.3 Å². The van der Waals surface area contributed by atoms with E-state index in [1.165, 1.54) is 11.3 Å². The van der Waals surface area contributed by atoms with Gasteiger partial charge in [0.2, 0.25) is 0 Å². The average Bonchev–Trinajstić information content (AvgIpc) is 3.02. The molecule has 0 radical (unpaired) electrons. The van der Waals surface area contributed by atoms with Crippen molar-refractivity contribution >= 4 is 17.3 Å². The molecule has 0 aromatic carbocycles. The fourth-order valence-corrected chi connectivity index (χ4v) is 3.76. The zero-order chi connectivity index (χ0) is 15.2. The maximum absolute atomic E-state index is 5.25. The second kappa shape index (κ2) is 7.75. The second-order valence-electron chi connectivity index (χ2n) is 5.52. The molecule has 1 atom stereocenters. The third-order valence-electron chi connectivity index (χ3n) is 3.83. The van der Waals surface area contributed by atoms with Gasteiger partial charge < -0.3 is 15.0 Å². The largest absolute Gasteiger partial charge is 0.384 e. The van der Waals surface area contributed by atoms with E-state index in [2.05, 4.69) is 34.0 Å². The first kappa shape index (κ1) is 16.2. The molecule has 0 spiro atoms. The molecule has 6 heteroatoms. The fourth-order valence-electron chi connectivity index (χ4n) is 2.82. The first-order valence-corrected chi connectivity index (χ1v) is 8.33. The monoisotopic (exact) mass is 310 g/mol. The summed E-state index contributed by atoms with van der Waals surface area (Å²) in [6.07, 6.45) is 2.19. The summed E-state index contributed by atoms with van der Waals surface area (Å²) in [5.41, 5.74) is 1.16. The Bertz CT molecular complexity index is 486. The molecule has 1 aliphatic rings. The van der Waals surface area contributed by atoms with Crippen LogP contribution in [0, 0.1) is 19.8 Å². The van der Waals surface area contributed by atoms with E-state index in [0.29, 0.717) is 5.92 Å². The van der Waals surface area contributed by atoms with Crippen LogP contribution in [-0.4, -0.2) is 56.2 Å². The molecule has 2 heterocycles. The molecule has 1 aliphatic heterocycles. The van der Waals surface area contributed by atoms with Crippen molar-refractivity contribution in [2.24, 2.45) is 10.9 Å². The summed E-state index contributed by atoms with van der Waals surface area (Å²) in [4.78, 5) is 12.6. The minimum Gasteiger partial charge on any atom is -0.384 e. The summed E-state index contributed by atoms with van der Waals surface area (Å²) in [5, 5.41) is 4.62. The molecule has 2 rings (SSSR count). The summed E-state index contributed by atoms with van der Waals surface area (Å²) in [6.45, 7) is 7.99. The zero-order valence-corrected chi connectivity index (χ0v) is 14.3. The molecule has 1 aromatic heterocycles. The van der Waals surface area contributed by atoms with Crippen molar-refractivity contribution in [1.29, 1.82) is 0 Å². The van der Waals surface area contributed by atoms with Crippen molar-refractivity contribution in [3.63, 3.8) is 0 Å². The number of aliphatic imine (C=N–C) groups is 1. The van der Waals surface area contributed by atoms with Crippen molar-refractivity contribution in [1.82, 2.24) is 15.2 Å². The average molecular weight is 310 g/mol. The number of nitrogens with one attached hydrogen (secondary N) is 1. The van der Waals surface area contributed by atoms with Crippen LogP contribution in [0.25, 0.3) is 0 Å². The van der Waals surface area contributed by atoms with Crippen LogP contribution < -0.4 is 5.32 Å². The number of aromatic nitrogens is 1. The van der Waals surface area contributed by atoms with E-state index in [1.54, 1.807) is 18.4 Å². The summed E-state index contributed by atoms with van der Waals surface area (Å²) in [6, 6.07) is 0. The lowest BCUT2D eigenvalue weighted by atomic mass is 10.1. The van der Waals surface area contributed by atoms with Crippen LogP contribution in [0.5, 0.6) is 0 Å². The van der Waals surface area contributed by atoms with Gasteiger partial charge in [-0.2, -0.15) is 0 Å². The van der Waals surface area contributed by atoms with Gasteiger partial charge in [0.1, 0.15) is 0 Å². The number of ether oxygens (including phenoxy) is 1. The van der Waals surface area contributed by atoms with E-state index in [9.17, 15) is 0 Å². The van der Waals surface area contributed by atoms with E-state index >= 15 is 0 Å². The van der Waals surface area contributed by atoms with Crippen molar-refractivity contribution < 1.29 is 4.74 Å². The Labute approximate surface area is 131 Å². The van der Waals surface area contributed by atoms with Gasteiger partial charge in [0.05, 0.1) is 17.3 Å². The highest BCUT2D eigenvalue weighted by Crippen LogP contribution is 2.18.